The number of aromatic nitrogens is 4. The van der Waals surface area contributed by atoms with E-state index in [9.17, 15) is 0 Å². The molecule has 2 aromatic heterocycles. The van der Waals surface area contributed by atoms with Crippen LogP contribution in [0.15, 0.2) is 60.9 Å². The molecule has 4 aromatic rings. The van der Waals surface area contributed by atoms with Gasteiger partial charge >= 0.3 is 0 Å². The van der Waals surface area contributed by atoms with Gasteiger partial charge in [-0.3, -0.25) is 0 Å². The van der Waals surface area contributed by atoms with Gasteiger partial charge in [0.1, 0.15) is 16.8 Å². The molecule has 146 valence electrons. The summed E-state index contributed by atoms with van der Waals surface area (Å²) in [7, 11) is 1.65. The van der Waals surface area contributed by atoms with Crippen LogP contribution in [0.3, 0.4) is 0 Å². The summed E-state index contributed by atoms with van der Waals surface area (Å²) in [6.45, 7) is 3.40. The Labute approximate surface area is 168 Å². The van der Waals surface area contributed by atoms with Crippen molar-refractivity contribution in [1.82, 2.24) is 19.7 Å². The number of ether oxygens (including phenoxy) is 2. The molecule has 1 aliphatic heterocycles. The fourth-order valence-electron chi connectivity index (χ4n) is 3.53. The Morgan fingerprint density at radius 3 is 2.34 bits per heavy atom. The third-order valence-electron chi connectivity index (χ3n) is 5.14. The van der Waals surface area contributed by atoms with E-state index in [2.05, 4.69) is 44.2 Å². The average Bonchev–Trinajstić information content (AvgIpc) is 3.23. The first-order valence-corrected chi connectivity index (χ1v) is 9.60. The van der Waals surface area contributed by atoms with Crippen molar-refractivity contribution in [3.05, 3.63) is 60.9 Å². The maximum Gasteiger partial charge on any atom is 0.159 e. The first kappa shape index (κ1) is 17.6. The summed E-state index contributed by atoms with van der Waals surface area (Å²) in [5, 5.41) is 4.53. The van der Waals surface area contributed by atoms with E-state index in [1.165, 1.54) is 5.69 Å². The number of hydrogen-bond donors (Lipinski definition) is 0. The second-order valence-electron chi connectivity index (χ2n) is 6.86. The smallest absolute Gasteiger partial charge is 0.159 e. The van der Waals surface area contributed by atoms with Gasteiger partial charge in [0.15, 0.2) is 5.82 Å². The minimum absolute atomic E-state index is 0.669. The Morgan fingerprint density at radius 1 is 0.897 bits per heavy atom. The molecule has 0 aliphatic carbocycles. The number of morpholine rings is 1. The third-order valence-corrected chi connectivity index (χ3v) is 5.14. The molecule has 2 aromatic carbocycles. The van der Waals surface area contributed by atoms with Gasteiger partial charge in [-0.15, -0.1) is 0 Å². The van der Waals surface area contributed by atoms with Crippen LogP contribution in [0.4, 0.5) is 5.69 Å². The Bertz CT molecular complexity index is 1120. The Balaban J connectivity index is 1.43. The lowest BCUT2D eigenvalue weighted by molar-refractivity contribution is 0.122. The molecule has 7 heteroatoms. The van der Waals surface area contributed by atoms with Gasteiger partial charge in [0.25, 0.3) is 0 Å². The van der Waals surface area contributed by atoms with Crippen molar-refractivity contribution in [3.63, 3.8) is 0 Å². The molecule has 0 atom stereocenters. The second kappa shape index (κ2) is 7.52. The minimum Gasteiger partial charge on any atom is -0.497 e. The van der Waals surface area contributed by atoms with E-state index >= 15 is 0 Å². The number of methoxy groups -OCH3 is 1. The van der Waals surface area contributed by atoms with Crippen LogP contribution in [0.25, 0.3) is 28.1 Å². The Kier molecular flexibility index (Phi) is 4.57. The van der Waals surface area contributed by atoms with Crippen LogP contribution in [-0.4, -0.2) is 53.2 Å². The fourth-order valence-corrected chi connectivity index (χ4v) is 3.53. The van der Waals surface area contributed by atoms with Crippen molar-refractivity contribution in [3.8, 4) is 22.8 Å². The van der Waals surface area contributed by atoms with Crippen LogP contribution in [0.5, 0.6) is 5.75 Å². The van der Waals surface area contributed by atoms with E-state index in [4.69, 9.17) is 9.47 Å². The van der Waals surface area contributed by atoms with E-state index in [0.29, 0.717) is 5.82 Å². The molecule has 0 radical (unpaired) electrons. The van der Waals surface area contributed by atoms with E-state index in [0.717, 1.165) is 54.3 Å². The highest BCUT2D eigenvalue weighted by molar-refractivity contribution is 5.77. The van der Waals surface area contributed by atoms with Crippen molar-refractivity contribution >= 4 is 16.7 Å². The summed E-state index contributed by atoms with van der Waals surface area (Å²) in [5.41, 5.74) is 4.81. The highest BCUT2D eigenvalue weighted by Gasteiger charge is 2.13. The molecule has 3 heterocycles. The fraction of sp³-hybridized carbons (Fsp3) is 0.227. The number of hydrogen-bond acceptors (Lipinski definition) is 6. The number of rotatable bonds is 4. The zero-order valence-corrected chi connectivity index (χ0v) is 16.2. The summed E-state index contributed by atoms with van der Waals surface area (Å²) < 4.78 is 12.5. The molecule has 0 saturated carbocycles. The number of benzene rings is 2. The van der Waals surface area contributed by atoms with Crippen molar-refractivity contribution < 1.29 is 9.47 Å². The highest BCUT2D eigenvalue weighted by Crippen LogP contribution is 2.24. The normalized spacial score (nSPS) is 14.3. The monoisotopic (exact) mass is 387 g/mol. The zero-order chi connectivity index (χ0) is 19.6. The van der Waals surface area contributed by atoms with Crippen molar-refractivity contribution in [2.75, 3.05) is 38.3 Å². The van der Waals surface area contributed by atoms with Crippen LogP contribution in [0, 0.1) is 0 Å². The summed E-state index contributed by atoms with van der Waals surface area (Å²) in [6, 6.07) is 16.1. The number of nitrogens with zero attached hydrogens (tertiary/aromatic N) is 5. The van der Waals surface area contributed by atoms with Crippen molar-refractivity contribution in [2.24, 2.45) is 0 Å². The highest BCUT2D eigenvalue weighted by atomic mass is 16.5. The molecule has 0 unspecified atom stereocenters. The summed E-state index contributed by atoms with van der Waals surface area (Å²) in [4.78, 5) is 11.6. The number of fused-ring (bicyclic) bond motifs is 1. The topological polar surface area (TPSA) is 65.3 Å². The average molecular weight is 387 g/mol. The van der Waals surface area contributed by atoms with Crippen LogP contribution >= 0.6 is 0 Å². The van der Waals surface area contributed by atoms with Crippen molar-refractivity contribution in [2.45, 2.75) is 0 Å². The van der Waals surface area contributed by atoms with E-state index in [1.54, 1.807) is 13.3 Å². The van der Waals surface area contributed by atoms with E-state index < -0.39 is 0 Å². The van der Waals surface area contributed by atoms with Crippen LogP contribution in [-0.2, 0) is 4.74 Å². The first-order valence-electron chi connectivity index (χ1n) is 9.60. The molecular weight excluding hydrogens is 366 g/mol. The van der Waals surface area contributed by atoms with Gasteiger partial charge in [0, 0.05) is 24.3 Å². The minimum atomic E-state index is 0.669. The molecule has 0 spiro atoms. The Hall–Kier alpha value is -3.45. The third kappa shape index (κ3) is 3.40. The maximum atomic E-state index is 5.43. The molecule has 0 N–H and O–H groups in total. The summed E-state index contributed by atoms with van der Waals surface area (Å²) >= 11 is 0. The molecule has 0 bridgehead atoms. The molecule has 7 nitrogen and oxygen atoms in total. The molecular formula is C22H21N5O2. The SMILES string of the molecule is COc1ccc(-c2ncc3c(cnn3-c3ccc(N4CCOCC4)cc3)n2)cc1. The van der Waals surface area contributed by atoms with Crippen LogP contribution in [0.2, 0.25) is 0 Å². The van der Waals surface area contributed by atoms with E-state index in [1.807, 2.05) is 35.1 Å². The lowest BCUT2D eigenvalue weighted by atomic mass is 10.2. The predicted octanol–water partition coefficient (Wildman–Crippen LogP) is 3.33. The summed E-state index contributed by atoms with van der Waals surface area (Å²) in [5.74, 6) is 1.48. The first-order chi connectivity index (χ1) is 14.3. The second-order valence-corrected chi connectivity index (χ2v) is 6.86. The lowest BCUT2D eigenvalue weighted by Gasteiger charge is -2.28. The molecule has 5 rings (SSSR count). The molecule has 1 saturated heterocycles. The molecule has 29 heavy (non-hydrogen) atoms. The zero-order valence-electron chi connectivity index (χ0n) is 16.2. The largest absolute Gasteiger partial charge is 0.497 e. The van der Waals surface area contributed by atoms with Gasteiger partial charge in [0.05, 0.1) is 38.4 Å². The van der Waals surface area contributed by atoms with Gasteiger partial charge in [0.2, 0.25) is 0 Å². The predicted molar refractivity (Wildman–Crippen MR) is 112 cm³/mol. The number of anilines is 1. The Morgan fingerprint density at radius 2 is 1.62 bits per heavy atom. The molecule has 0 amide bonds. The van der Waals surface area contributed by atoms with Gasteiger partial charge < -0.3 is 14.4 Å². The van der Waals surface area contributed by atoms with Gasteiger partial charge in [-0.05, 0) is 48.5 Å². The van der Waals surface area contributed by atoms with Gasteiger partial charge in [-0.2, -0.15) is 5.10 Å². The van der Waals surface area contributed by atoms with E-state index in [-0.39, 0.29) is 0 Å². The van der Waals surface area contributed by atoms with Crippen molar-refractivity contribution in [1.29, 1.82) is 0 Å². The maximum absolute atomic E-state index is 5.43. The summed E-state index contributed by atoms with van der Waals surface area (Å²) in [6.07, 6.45) is 3.60. The van der Waals surface area contributed by atoms with Gasteiger partial charge in [-0.1, -0.05) is 0 Å². The van der Waals surface area contributed by atoms with Gasteiger partial charge in [-0.25, -0.2) is 14.6 Å². The quantitative estimate of drug-likeness (QED) is 0.535. The standard InChI is InChI=1S/C22H21N5O2/c1-28-19-8-2-16(3-9-19)22-23-15-21-20(25-22)14-24-27(21)18-6-4-17(5-7-18)26-10-12-29-13-11-26/h2-9,14-15H,10-13H2,1H3. The molecule has 1 fully saturated rings. The lowest BCUT2D eigenvalue weighted by Crippen LogP contribution is -2.36. The van der Waals surface area contributed by atoms with Crippen LogP contribution < -0.4 is 9.64 Å². The van der Waals surface area contributed by atoms with Crippen LogP contribution in [0.1, 0.15) is 0 Å². The molecule has 1 aliphatic rings.